The van der Waals surface area contributed by atoms with Gasteiger partial charge in [-0.15, -0.1) is 12.4 Å². The lowest BCUT2D eigenvalue weighted by Gasteiger charge is -2.25. The van der Waals surface area contributed by atoms with Crippen molar-refractivity contribution < 1.29 is 13.2 Å². The Bertz CT molecular complexity index is 1170. The Hall–Kier alpha value is -2.04. The van der Waals surface area contributed by atoms with E-state index < -0.39 is 10.0 Å². The van der Waals surface area contributed by atoms with Crippen LogP contribution in [0.4, 0.5) is 5.13 Å². The van der Waals surface area contributed by atoms with Crippen LogP contribution in [-0.2, 0) is 10.0 Å². The number of benzene rings is 2. The van der Waals surface area contributed by atoms with Crippen molar-refractivity contribution in [2.45, 2.75) is 45.4 Å². The van der Waals surface area contributed by atoms with E-state index in [0.29, 0.717) is 30.3 Å². The van der Waals surface area contributed by atoms with Gasteiger partial charge in [0.25, 0.3) is 5.91 Å². The van der Waals surface area contributed by atoms with E-state index in [2.05, 4.69) is 18.7 Å². The summed E-state index contributed by atoms with van der Waals surface area (Å²) in [5.41, 5.74) is 1.31. The van der Waals surface area contributed by atoms with Crippen molar-refractivity contribution in [3.05, 3.63) is 54.1 Å². The highest BCUT2D eigenvalue weighted by atomic mass is 35.5. The van der Waals surface area contributed by atoms with Crippen LogP contribution in [0.3, 0.4) is 0 Å². The first-order chi connectivity index (χ1) is 16.8. The summed E-state index contributed by atoms with van der Waals surface area (Å²) in [5, 5.41) is 0.650. The van der Waals surface area contributed by atoms with Gasteiger partial charge in [-0.05, 0) is 62.3 Å². The summed E-state index contributed by atoms with van der Waals surface area (Å²) in [4.78, 5) is 22.5. The summed E-state index contributed by atoms with van der Waals surface area (Å²) in [6.45, 7) is 12.1. The van der Waals surface area contributed by atoms with Crippen molar-refractivity contribution in [1.29, 1.82) is 0 Å². The number of thiazole rings is 1. The van der Waals surface area contributed by atoms with Gasteiger partial charge >= 0.3 is 0 Å². The average molecular weight is 553 g/mol. The maximum atomic E-state index is 13.6. The number of carbonyl (C=O) groups excluding carboxylic acids is 1. The molecule has 1 heterocycles. The summed E-state index contributed by atoms with van der Waals surface area (Å²) in [6.07, 6.45) is 1.50. The van der Waals surface area contributed by atoms with Gasteiger partial charge in [-0.25, -0.2) is 13.4 Å². The number of amides is 1. The van der Waals surface area contributed by atoms with E-state index in [1.165, 1.54) is 15.6 Å². The van der Waals surface area contributed by atoms with E-state index in [9.17, 15) is 13.2 Å². The zero-order valence-corrected chi connectivity index (χ0v) is 24.0. The van der Waals surface area contributed by atoms with Crippen LogP contribution in [-0.4, -0.2) is 67.8 Å². The van der Waals surface area contributed by atoms with E-state index in [1.807, 2.05) is 38.1 Å². The van der Waals surface area contributed by atoms with Crippen molar-refractivity contribution in [3.8, 4) is 0 Å². The Kier molecular flexibility index (Phi) is 11.8. The highest BCUT2D eigenvalue weighted by Gasteiger charge is 2.25. The maximum absolute atomic E-state index is 13.6. The molecule has 0 aliphatic heterocycles. The van der Waals surface area contributed by atoms with Crippen molar-refractivity contribution in [2.24, 2.45) is 0 Å². The number of para-hydroxylation sites is 1. The highest BCUT2D eigenvalue weighted by molar-refractivity contribution is 7.89. The molecule has 0 saturated carbocycles. The molecule has 0 radical (unpaired) electrons. The molecule has 7 nitrogen and oxygen atoms in total. The lowest BCUT2D eigenvalue weighted by molar-refractivity contribution is 0.0983. The highest BCUT2D eigenvalue weighted by Crippen LogP contribution is 2.30. The first-order valence-corrected chi connectivity index (χ1v) is 14.6. The van der Waals surface area contributed by atoms with Crippen LogP contribution < -0.4 is 4.90 Å². The van der Waals surface area contributed by atoms with Crippen molar-refractivity contribution in [1.82, 2.24) is 14.2 Å². The summed E-state index contributed by atoms with van der Waals surface area (Å²) in [7, 11) is -3.59. The van der Waals surface area contributed by atoms with Gasteiger partial charge in [0.05, 0.1) is 15.1 Å². The molecular formula is C26H37ClN4O3S2. The second kappa shape index (κ2) is 14.0. The maximum Gasteiger partial charge on any atom is 0.260 e. The molecule has 0 spiro atoms. The minimum absolute atomic E-state index is 0. The zero-order chi connectivity index (χ0) is 25.4. The summed E-state index contributed by atoms with van der Waals surface area (Å²) in [5.74, 6) is -0.181. The molecule has 0 unspecified atom stereocenters. The van der Waals surface area contributed by atoms with Crippen LogP contribution in [0, 0.1) is 0 Å². The van der Waals surface area contributed by atoms with Gasteiger partial charge in [-0.1, -0.05) is 51.2 Å². The Balaban J connectivity index is 0.00000456. The second-order valence-electron chi connectivity index (χ2n) is 8.38. The molecule has 0 aliphatic rings. The fourth-order valence-corrected chi connectivity index (χ4v) is 6.58. The molecule has 0 aliphatic carbocycles. The molecule has 0 atom stereocenters. The Morgan fingerprint density at radius 3 is 2.03 bits per heavy atom. The molecule has 2 aromatic carbocycles. The number of fused-ring (bicyclic) bond motifs is 1. The summed E-state index contributed by atoms with van der Waals surface area (Å²) < 4.78 is 28.8. The van der Waals surface area contributed by atoms with Gasteiger partial charge in [0.15, 0.2) is 5.13 Å². The second-order valence-corrected chi connectivity index (χ2v) is 11.3. The average Bonchev–Trinajstić information content (AvgIpc) is 3.30. The molecular weight excluding hydrogens is 516 g/mol. The van der Waals surface area contributed by atoms with Crippen molar-refractivity contribution in [2.75, 3.05) is 44.2 Å². The van der Waals surface area contributed by atoms with E-state index >= 15 is 0 Å². The number of anilines is 1. The molecule has 0 saturated heterocycles. The third kappa shape index (κ3) is 7.04. The molecule has 10 heteroatoms. The quantitative estimate of drug-likeness (QED) is 0.279. The van der Waals surface area contributed by atoms with Gasteiger partial charge in [0, 0.05) is 31.7 Å². The van der Waals surface area contributed by atoms with Crippen LogP contribution in [0.5, 0.6) is 0 Å². The van der Waals surface area contributed by atoms with Gasteiger partial charge in [0.1, 0.15) is 0 Å². The van der Waals surface area contributed by atoms with Gasteiger partial charge < -0.3 is 4.90 Å². The first kappa shape index (κ1) is 30.2. The largest absolute Gasteiger partial charge is 0.302 e. The number of rotatable bonds is 13. The van der Waals surface area contributed by atoms with Crippen LogP contribution in [0.1, 0.15) is 50.9 Å². The number of likely N-dealkylation sites (N-methyl/N-ethyl adjacent to an activating group) is 1. The molecule has 0 fully saturated rings. The van der Waals surface area contributed by atoms with E-state index in [1.54, 1.807) is 29.2 Å². The molecule has 1 aromatic heterocycles. The van der Waals surface area contributed by atoms with Crippen molar-refractivity contribution >= 4 is 55.0 Å². The van der Waals surface area contributed by atoms with Crippen LogP contribution in [0.15, 0.2) is 53.4 Å². The predicted octanol–water partition coefficient (Wildman–Crippen LogP) is 5.52. The SMILES string of the molecule is CCCN(CCC)S(=O)(=O)c1ccc(C(=O)N(CCN(CC)CC)c2nc3ccccc3s2)cc1.Cl. The third-order valence-electron chi connectivity index (χ3n) is 5.98. The number of hydrogen-bond donors (Lipinski definition) is 0. The lowest BCUT2D eigenvalue weighted by atomic mass is 10.2. The Morgan fingerprint density at radius 1 is 0.861 bits per heavy atom. The van der Waals surface area contributed by atoms with Gasteiger partial charge in [-0.3, -0.25) is 9.69 Å². The standard InChI is InChI=1S/C26H36N4O3S2.ClH/c1-5-17-29(18-6-2)35(32,33)22-15-13-21(14-16-22)25(31)30(20-19-28(7-3)8-4)26-27-23-11-9-10-12-24(23)34-26;/h9-16H,5-8,17-20H2,1-4H3;1H. The van der Waals surface area contributed by atoms with E-state index in [0.717, 1.165) is 42.7 Å². The molecule has 1 amide bonds. The van der Waals surface area contributed by atoms with Crippen LogP contribution >= 0.6 is 23.7 Å². The molecule has 3 rings (SSSR count). The third-order valence-corrected chi connectivity index (χ3v) is 8.95. The summed E-state index contributed by atoms with van der Waals surface area (Å²) >= 11 is 1.49. The smallest absolute Gasteiger partial charge is 0.260 e. The molecule has 0 bridgehead atoms. The number of carbonyl (C=O) groups is 1. The number of sulfonamides is 1. The Labute approximate surface area is 225 Å². The molecule has 36 heavy (non-hydrogen) atoms. The minimum Gasteiger partial charge on any atom is -0.302 e. The van der Waals surface area contributed by atoms with Crippen molar-refractivity contribution in [3.63, 3.8) is 0 Å². The Morgan fingerprint density at radius 2 is 1.47 bits per heavy atom. The molecule has 198 valence electrons. The normalized spacial score (nSPS) is 11.7. The summed E-state index contributed by atoms with van der Waals surface area (Å²) in [6, 6.07) is 14.2. The fraction of sp³-hybridized carbons (Fsp3) is 0.462. The number of hydrogen-bond acceptors (Lipinski definition) is 6. The lowest BCUT2D eigenvalue weighted by Crippen LogP contribution is -2.39. The number of aromatic nitrogens is 1. The predicted molar refractivity (Wildman–Crippen MR) is 152 cm³/mol. The number of nitrogens with zero attached hydrogens (tertiary/aromatic N) is 4. The monoisotopic (exact) mass is 552 g/mol. The topological polar surface area (TPSA) is 73.8 Å². The first-order valence-electron chi connectivity index (χ1n) is 12.4. The fourth-order valence-electron chi connectivity index (χ4n) is 3.97. The van der Waals surface area contributed by atoms with E-state index in [-0.39, 0.29) is 23.2 Å². The van der Waals surface area contributed by atoms with Crippen LogP contribution in [0.25, 0.3) is 10.2 Å². The molecule has 3 aromatic rings. The van der Waals surface area contributed by atoms with Gasteiger partial charge in [0.2, 0.25) is 10.0 Å². The van der Waals surface area contributed by atoms with Gasteiger partial charge in [-0.2, -0.15) is 4.31 Å². The minimum atomic E-state index is -3.59. The van der Waals surface area contributed by atoms with Crippen LogP contribution in [0.2, 0.25) is 0 Å². The van der Waals surface area contributed by atoms with E-state index in [4.69, 9.17) is 4.98 Å². The molecule has 0 N–H and O–H groups in total. The zero-order valence-electron chi connectivity index (χ0n) is 21.5. The number of halogens is 1.